The first-order valence-electron chi connectivity index (χ1n) is 5.88. The van der Waals surface area contributed by atoms with E-state index in [9.17, 15) is 18.0 Å². The first-order chi connectivity index (χ1) is 8.59. The molecule has 0 bridgehead atoms. The van der Waals surface area contributed by atoms with E-state index in [4.69, 9.17) is 4.74 Å². The molecule has 0 spiro atoms. The fraction of sp³-hybridized carbons (Fsp3) is 0.462. The molecule has 0 saturated carbocycles. The molecule has 1 aromatic rings. The third-order valence-corrected chi connectivity index (χ3v) is 3.02. The van der Waals surface area contributed by atoms with Crippen molar-refractivity contribution in [3.05, 3.63) is 35.1 Å². The average molecular weight is 258 g/mol. The fourth-order valence-corrected chi connectivity index (χ4v) is 2.03. The number of ether oxygens (including phenoxy) is 1. The van der Waals surface area contributed by atoms with E-state index in [1.807, 2.05) is 0 Å². The van der Waals surface area contributed by atoms with E-state index in [1.165, 1.54) is 0 Å². The van der Waals surface area contributed by atoms with Gasteiger partial charge in [-0.25, -0.2) is 13.2 Å². The van der Waals surface area contributed by atoms with Gasteiger partial charge in [0.05, 0.1) is 11.7 Å². The zero-order chi connectivity index (χ0) is 13.1. The predicted molar refractivity (Wildman–Crippen MR) is 58.9 cm³/mol. The summed E-state index contributed by atoms with van der Waals surface area (Å²) in [4.78, 5) is 11.8. The quantitative estimate of drug-likeness (QED) is 0.614. The standard InChI is InChI=1S/C13H13F3O2/c14-10-5-4-9(12(15)13(10)16)11(17)7-8-3-1-2-6-18-8/h4-5,8H,1-3,6-7H2. The lowest BCUT2D eigenvalue weighted by Crippen LogP contribution is -2.23. The summed E-state index contributed by atoms with van der Waals surface area (Å²) in [5.41, 5.74) is -0.414. The van der Waals surface area contributed by atoms with E-state index in [2.05, 4.69) is 0 Å². The molecule has 0 amide bonds. The van der Waals surface area contributed by atoms with E-state index >= 15 is 0 Å². The average Bonchev–Trinajstić information content (AvgIpc) is 2.37. The van der Waals surface area contributed by atoms with Gasteiger partial charge in [0, 0.05) is 13.0 Å². The molecule has 1 aliphatic rings. The van der Waals surface area contributed by atoms with Crippen LogP contribution in [0.5, 0.6) is 0 Å². The van der Waals surface area contributed by atoms with Crippen LogP contribution in [0.3, 0.4) is 0 Å². The highest BCUT2D eigenvalue weighted by molar-refractivity contribution is 5.96. The summed E-state index contributed by atoms with van der Waals surface area (Å²) in [5, 5.41) is 0. The minimum atomic E-state index is -1.61. The van der Waals surface area contributed by atoms with E-state index in [-0.39, 0.29) is 12.5 Å². The van der Waals surface area contributed by atoms with Crippen LogP contribution in [-0.4, -0.2) is 18.5 Å². The summed E-state index contributed by atoms with van der Waals surface area (Å²) in [7, 11) is 0. The maximum absolute atomic E-state index is 13.4. The first kappa shape index (κ1) is 13.1. The molecule has 1 fully saturated rings. The van der Waals surface area contributed by atoms with Crippen LogP contribution in [0, 0.1) is 17.5 Å². The number of carbonyl (C=O) groups excluding carboxylic acids is 1. The van der Waals surface area contributed by atoms with Crippen molar-refractivity contribution in [3.8, 4) is 0 Å². The molecule has 18 heavy (non-hydrogen) atoms. The van der Waals surface area contributed by atoms with Crippen LogP contribution in [-0.2, 0) is 4.74 Å². The first-order valence-corrected chi connectivity index (χ1v) is 5.88. The van der Waals surface area contributed by atoms with E-state index in [0.29, 0.717) is 6.61 Å². The maximum atomic E-state index is 13.4. The Hall–Kier alpha value is -1.36. The Morgan fingerprint density at radius 1 is 1.22 bits per heavy atom. The summed E-state index contributed by atoms with van der Waals surface area (Å²) < 4.78 is 44.5. The Morgan fingerprint density at radius 3 is 2.67 bits per heavy atom. The fourth-order valence-electron chi connectivity index (χ4n) is 2.03. The van der Waals surface area contributed by atoms with Crippen molar-refractivity contribution in [3.63, 3.8) is 0 Å². The molecule has 0 N–H and O–H groups in total. The molecule has 1 atom stereocenters. The van der Waals surface area contributed by atoms with Crippen molar-refractivity contribution in [2.75, 3.05) is 6.61 Å². The molecule has 5 heteroatoms. The van der Waals surface area contributed by atoms with Gasteiger partial charge >= 0.3 is 0 Å². The highest BCUT2D eigenvalue weighted by atomic mass is 19.2. The van der Waals surface area contributed by atoms with Crippen LogP contribution in [0.1, 0.15) is 36.0 Å². The monoisotopic (exact) mass is 258 g/mol. The number of Topliss-reactive ketones (excluding diaryl/α,β-unsaturated/α-hetero) is 1. The normalized spacial score (nSPS) is 19.8. The van der Waals surface area contributed by atoms with Crippen LogP contribution in [0.25, 0.3) is 0 Å². The summed E-state index contributed by atoms with van der Waals surface area (Å²) in [5.74, 6) is -4.88. The Labute approximate surface area is 103 Å². The SMILES string of the molecule is O=C(CC1CCCCO1)c1ccc(F)c(F)c1F. The van der Waals surface area contributed by atoms with Gasteiger partial charge in [0.25, 0.3) is 0 Å². The van der Waals surface area contributed by atoms with Gasteiger partial charge in [0.1, 0.15) is 0 Å². The number of rotatable bonds is 3. The van der Waals surface area contributed by atoms with Gasteiger partial charge in [0.2, 0.25) is 0 Å². The van der Waals surface area contributed by atoms with Crippen molar-refractivity contribution in [1.29, 1.82) is 0 Å². The van der Waals surface area contributed by atoms with E-state index < -0.39 is 28.8 Å². The summed E-state index contributed by atoms with van der Waals surface area (Å²) in [6.07, 6.45) is 2.39. The molecule has 0 aliphatic carbocycles. The molecule has 1 aliphatic heterocycles. The summed E-state index contributed by atoms with van der Waals surface area (Å²) in [6, 6.07) is 1.73. The van der Waals surface area contributed by atoms with Crippen molar-refractivity contribution in [2.24, 2.45) is 0 Å². The second kappa shape index (κ2) is 5.52. The number of halogens is 3. The molecule has 98 valence electrons. The van der Waals surface area contributed by atoms with Gasteiger partial charge in [-0.3, -0.25) is 4.79 Å². The van der Waals surface area contributed by atoms with Gasteiger partial charge in [-0.1, -0.05) is 0 Å². The van der Waals surface area contributed by atoms with Gasteiger partial charge < -0.3 is 4.74 Å². The van der Waals surface area contributed by atoms with E-state index in [0.717, 1.165) is 31.4 Å². The molecule has 0 radical (unpaired) electrons. The zero-order valence-corrected chi connectivity index (χ0v) is 9.72. The summed E-state index contributed by atoms with van der Waals surface area (Å²) >= 11 is 0. The van der Waals surface area contributed by atoms with Crippen LogP contribution < -0.4 is 0 Å². The van der Waals surface area contributed by atoms with Crippen LogP contribution >= 0.6 is 0 Å². The minimum absolute atomic E-state index is 0.00198. The highest BCUT2D eigenvalue weighted by Gasteiger charge is 2.23. The van der Waals surface area contributed by atoms with Crippen LogP contribution in [0.4, 0.5) is 13.2 Å². The second-order valence-corrected chi connectivity index (χ2v) is 4.34. The zero-order valence-electron chi connectivity index (χ0n) is 9.72. The lowest BCUT2D eigenvalue weighted by atomic mass is 9.99. The van der Waals surface area contributed by atoms with Crippen molar-refractivity contribution < 1.29 is 22.7 Å². The number of hydrogen-bond donors (Lipinski definition) is 0. The smallest absolute Gasteiger partial charge is 0.195 e. The second-order valence-electron chi connectivity index (χ2n) is 4.34. The summed E-state index contributed by atoms with van der Waals surface area (Å²) in [6.45, 7) is 0.582. The van der Waals surface area contributed by atoms with Crippen molar-refractivity contribution in [2.45, 2.75) is 31.8 Å². The highest BCUT2D eigenvalue weighted by Crippen LogP contribution is 2.21. The predicted octanol–water partition coefficient (Wildman–Crippen LogP) is 3.25. The third-order valence-electron chi connectivity index (χ3n) is 3.02. The Bertz CT molecular complexity index is 454. The topological polar surface area (TPSA) is 26.3 Å². The molecule has 1 aromatic carbocycles. The van der Waals surface area contributed by atoms with Gasteiger partial charge in [-0.15, -0.1) is 0 Å². The lowest BCUT2D eigenvalue weighted by molar-refractivity contribution is 0.0128. The largest absolute Gasteiger partial charge is 0.378 e. The Kier molecular flexibility index (Phi) is 4.01. The molecule has 1 saturated heterocycles. The van der Waals surface area contributed by atoms with Gasteiger partial charge in [0.15, 0.2) is 23.2 Å². The van der Waals surface area contributed by atoms with Crippen LogP contribution in [0.2, 0.25) is 0 Å². The van der Waals surface area contributed by atoms with Crippen molar-refractivity contribution in [1.82, 2.24) is 0 Å². The lowest BCUT2D eigenvalue weighted by Gasteiger charge is -2.21. The number of carbonyl (C=O) groups is 1. The van der Waals surface area contributed by atoms with E-state index in [1.54, 1.807) is 0 Å². The molecule has 0 aromatic heterocycles. The maximum Gasteiger partial charge on any atom is 0.195 e. The molecular formula is C13H13F3O2. The van der Waals surface area contributed by atoms with Gasteiger partial charge in [-0.05, 0) is 31.4 Å². The van der Waals surface area contributed by atoms with Gasteiger partial charge in [-0.2, -0.15) is 0 Å². The molecule has 2 nitrogen and oxygen atoms in total. The van der Waals surface area contributed by atoms with Crippen molar-refractivity contribution >= 4 is 5.78 Å². The molecule has 1 heterocycles. The Balaban J connectivity index is 2.11. The minimum Gasteiger partial charge on any atom is -0.378 e. The molecule has 2 rings (SSSR count). The molecule has 1 unspecified atom stereocenters. The third kappa shape index (κ3) is 2.72. The number of benzene rings is 1. The van der Waals surface area contributed by atoms with Crippen LogP contribution in [0.15, 0.2) is 12.1 Å². The number of hydrogen-bond acceptors (Lipinski definition) is 2. The Morgan fingerprint density at radius 2 is 2.00 bits per heavy atom. The molecular weight excluding hydrogens is 245 g/mol. The number of ketones is 1.